The van der Waals surface area contributed by atoms with Gasteiger partial charge in [0.05, 0.1) is 18.7 Å². The minimum absolute atomic E-state index is 0.0270. The molecule has 1 N–H and O–H groups in total. The number of aromatic nitrogens is 2. The van der Waals surface area contributed by atoms with Crippen LogP contribution in [0.2, 0.25) is 0 Å². The van der Waals surface area contributed by atoms with Gasteiger partial charge in [0.15, 0.2) is 0 Å². The molecule has 1 unspecified atom stereocenters. The number of piperidine rings is 1. The maximum absolute atomic E-state index is 12.2. The first-order chi connectivity index (χ1) is 10.5. The van der Waals surface area contributed by atoms with Crippen LogP contribution in [0.3, 0.4) is 0 Å². The van der Waals surface area contributed by atoms with E-state index in [1.807, 2.05) is 20.9 Å². The van der Waals surface area contributed by atoms with Crippen molar-refractivity contribution in [2.45, 2.75) is 45.3 Å². The largest absolute Gasteiger partial charge is 0.392 e. The van der Waals surface area contributed by atoms with Crippen molar-refractivity contribution in [2.75, 3.05) is 25.0 Å². The molecule has 1 saturated heterocycles. The number of aliphatic hydroxyl groups is 1. The lowest BCUT2D eigenvalue weighted by Crippen LogP contribution is -2.46. The number of nitrogens with zero attached hydrogens (tertiary/aromatic N) is 4. The molecular formula is C16H26N4O2. The van der Waals surface area contributed by atoms with Crippen molar-refractivity contribution in [1.82, 2.24) is 14.9 Å². The number of amides is 1. The van der Waals surface area contributed by atoms with Crippen LogP contribution in [-0.2, 0) is 4.79 Å². The molecule has 1 aromatic rings. The summed E-state index contributed by atoms with van der Waals surface area (Å²) in [7, 11) is 1.85. The zero-order valence-corrected chi connectivity index (χ0v) is 13.6. The highest BCUT2D eigenvalue weighted by molar-refractivity contribution is 5.76. The van der Waals surface area contributed by atoms with E-state index in [2.05, 4.69) is 14.9 Å². The summed E-state index contributed by atoms with van der Waals surface area (Å²) >= 11 is 0. The van der Waals surface area contributed by atoms with Crippen molar-refractivity contribution >= 4 is 11.7 Å². The Bertz CT molecular complexity index is 472. The second-order valence-corrected chi connectivity index (χ2v) is 6.30. The first-order valence-corrected chi connectivity index (χ1v) is 7.93. The fourth-order valence-corrected chi connectivity index (χ4v) is 2.70. The molecule has 0 aromatic carbocycles. The van der Waals surface area contributed by atoms with Gasteiger partial charge in [0.25, 0.3) is 0 Å². The first kappa shape index (κ1) is 16.7. The maximum Gasteiger partial charge on any atom is 0.225 e. The number of aliphatic hydroxyl groups excluding tert-OH is 1. The van der Waals surface area contributed by atoms with Gasteiger partial charge in [-0.2, -0.15) is 0 Å². The van der Waals surface area contributed by atoms with Gasteiger partial charge in [-0.15, -0.1) is 0 Å². The third kappa shape index (κ3) is 4.16. The predicted octanol–water partition coefficient (Wildman–Crippen LogP) is 1.31. The van der Waals surface area contributed by atoms with Crippen LogP contribution in [0.25, 0.3) is 0 Å². The molecule has 0 aliphatic carbocycles. The van der Waals surface area contributed by atoms with Crippen LogP contribution in [0.4, 0.5) is 5.82 Å². The fourth-order valence-electron chi connectivity index (χ4n) is 2.70. The Morgan fingerprint density at radius 3 is 2.64 bits per heavy atom. The second kappa shape index (κ2) is 7.54. The number of carbonyl (C=O) groups excluding carboxylic acids is 1. The molecule has 1 aromatic heterocycles. The maximum atomic E-state index is 12.2. The van der Waals surface area contributed by atoms with Gasteiger partial charge in [0.1, 0.15) is 5.82 Å². The molecule has 6 nitrogen and oxygen atoms in total. The Morgan fingerprint density at radius 2 is 2.09 bits per heavy atom. The Hall–Kier alpha value is -1.69. The molecule has 1 atom stereocenters. The SMILES string of the molecule is CC(C)C(O)CC(=O)N(C)C1CCN(c2cnccn2)CC1. The van der Waals surface area contributed by atoms with Crippen molar-refractivity contribution < 1.29 is 9.90 Å². The molecule has 122 valence electrons. The molecule has 2 rings (SSSR count). The Kier molecular flexibility index (Phi) is 5.71. The van der Waals surface area contributed by atoms with E-state index in [1.165, 1.54) is 0 Å². The van der Waals surface area contributed by atoms with E-state index in [0.29, 0.717) is 0 Å². The summed E-state index contributed by atoms with van der Waals surface area (Å²) in [6.07, 6.45) is 6.61. The molecule has 0 bridgehead atoms. The quantitative estimate of drug-likeness (QED) is 0.888. The van der Waals surface area contributed by atoms with Crippen LogP contribution >= 0.6 is 0 Å². The molecule has 1 aliphatic heterocycles. The Labute approximate surface area is 132 Å². The fraction of sp³-hybridized carbons (Fsp3) is 0.688. The molecule has 0 saturated carbocycles. The average Bonchev–Trinajstić information content (AvgIpc) is 2.55. The van der Waals surface area contributed by atoms with Crippen LogP contribution in [-0.4, -0.2) is 58.2 Å². The summed E-state index contributed by atoms with van der Waals surface area (Å²) in [6.45, 7) is 5.59. The lowest BCUT2D eigenvalue weighted by molar-refractivity contribution is -0.135. The van der Waals surface area contributed by atoms with Crippen LogP contribution < -0.4 is 4.90 Å². The van der Waals surface area contributed by atoms with E-state index in [0.717, 1.165) is 31.7 Å². The number of hydrogen-bond donors (Lipinski definition) is 1. The van der Waals surface area contributed by atoms with Crippen molar-refractivity contribution in [3.8, 4) is 0 Å². The minimum Gasteiger partial charge on any atom is -0.392 e. The summed E-state index contributed by atoms with van der Waals surface area (Å²) in [5.41, 5.74) is 0. The lowest BCUT2D eigenvalue weighted by atomic mass is 10.0. The minimum atomic E-state index is -0.561. The molecule has 22 heavy (non-hydrogen) atoms. The number of rotatable bonds is 5. The Balaban J connectivity index is 1.84. The van der Waals surface area contributed by atoms with E-state index in [-0.39, 0.29) is 24.3 Å². The highest BCUT2D eigenvalue weighted by atomic mass is 16.3. The third-order valence-electron chi connectivity index (χ3n) is 4.43. The van der Waals surface area contributed by atoms with Gasteiger partial charge in [0.2, 0.25) is 5.91 Å². The first-order valence-electron chi connectivity index (χ1n) is 7.93. The number of anilines is 1. The number of hydrogen-bond acceptors (Lipinski definition) is 5. The second-order valence-electron chi connectivity index (χ2n) is 6.30. The molecule has 1 amide bonds. The topological polar surface area (TPSA) is 69.6 Å². The van der Waals surface area contributed by atoms with Gasteiger partial charge in [-0.25, -0.2) is 4.98 Å². The normalized spacial score (nSPS) is 17.6. The van der Waals surface area contributed by atoms with Crippen LogP contribution in [0.15, 0.2) is 18.6 Å². The molecule has 1 fully saturated rings. The van der Waals surface area contributed by atoms with Gasteiger partial charge < -0.3 is 14.9 Å². The van der Waals surface area contributed by atoms with Crippen LogP contribution in [0.5, 0.6) is 0 Å². The van der Waals surface area contributed by atoms with Gasteiger partial charge in [0, 0.05) is 38.6 Å². The lowest BCUT2D eigenvalue weighted by Gasteiger charge is -2.37. The summed E-state index contributed by atoms with van der Waals surface area (Å²) in [6, 6.07) is 0.236. The summed E-state index contributed by atoms with van der Waals surface area (Å²) < 4.78 is 0. The molecule has 0 radical (unpaired) electrons. The van der Waals surface area contributed by atoms with Crippen molar-refractivity contribution in [2.24, 2.45) is 5.92 Å². The van der Waals surface area contributed by atoms with E-state index in [9.17, 15) is 9.90 Å². The standard InChI is InChI=1S/C16H26N4O2/c1-12(2)14(21)10-16(22)19(3)13-4-8-20(9-5-13)15-11-17-6-7-18-15/h6-7,11-14,21H,4-5,8-10H2,1-3H3. The Morgan fingerprint density at radius 1 is 1.41 bits per heavy atom. The molecule has 1 aliphatic rings. The summed E-state index contributed by atoms with van der Waals surface area (Å²) in [5.74, 6) is 1.03. The predicted molar refractivity (Wildman–Crippen MR) is 85.5 cm³/mol. The van der Waals surface area contributed by atoms with Crippen molar-refractivity contribution in [3.63, 3.8) is 0 Å². The molecule has 0 spiro atoms. The van der Waals surface area contributed by atoms with E-state index < -0.39 is 6.10 Å². The number of carbonyl (C=O) groups is 1. The van der Waals surface area contributed by atoms with Gasteiger partial charge >= 0.3 is 0 Å². The third-order valence-corrected chi connectivity index (χ3v) is 4.43. The van der Waals surface area contributed by atoms with E-state index in [4.69, 9.17) is 0 Å². The molecule has 6 heteroatoms. The monoisotopic (exact) mass is 306 g/mol. The average molecular weight is 306 g/mol. The summed E-state index contributed by atoms with van der Waals surface area (Å²) in [4.78, 5) is 24.7. The van der Waals surface area contributed by atoms with Crippen molar-refractivity contribution in [3.05, 3.63) is 18.6 Å². The smallest absolute Gasteiger partial charge is 0.225 e. The summed E-state index contributed by atoms with van der Waals surface area (Å²) in [5, 5.41) is 9.86. The molecule has 2 heterocycles. The van der Waals surface area contributed by atoms with E-state index in [1.54, 1.807) is 23.5 Å². The van der Waals surface area contributed by atoms with Crippen molar-refractivity contribution in [1.29, 1.82) is 0 Å². The zero-order chi connectivity index (χ0) is 16.1. The zero-order valence-electron chi connectivity index (χ0n) is 13.6. The van der Waals surface area contributed by atoms with Gasteiger partial charge in [-0.1, -0.05) is 13.8 Å². The van der Waals surface area contributed by atoms with Gasteiger partial charge in [-0.05, 0) is 18.8 Å². The van der Waals surface area contributed by atoms with Crippen LogP contribution in [0, 0.1) is 5.92 Å². The highest BCUT2D eigenvalue weighted by Gasteiger charge is 2.27. The highest BCUT2D eigenvalue weighted by Crippen LogP contribution is 2.20. The van der Waals surface area contributed by atoms with E-state index >= 15 is 0 Å². The van der Waals surface area contributed by atoms with Crippen LogP contribution in [0.1, 0.15) is 33.1 Å². The molecular weight excluding hydrogens is 280 g/mol. The van der Waals surface area contributed by atoms with Gasteiger partial charge in [-0.3, -0.25) is 9.78 Å².